The molecule has 0 radical (unpaired) electrons. The van der Waals surface area contributed by atoms with Gasteiger partial charge in [-0.1, -0.05) is 6.07 Å². The Labute approximate surface area is 128 Å². The van der Waals surface area contributed by atoms with E-state index < -0.39 is 0 Å². The molecular formula is C17H17NO4. The summed E-state index contributed by atoms with van der Waals surface area (Å²) in [4.78, 5) is 4.50. The zero-order chi connectivity index (χ0) is 15.7. The van der Waals surface area contributed by atoms with E-state index in [-0.39, 0.29) is 6.61 Å². The number of aliphatic hydroxyl groups excluding tert-OH is 1. The van der Waals surface area contributed by atoms with Gasteiger partial charge in [-0.05, 0) is 36.8 Å². The van der Waals surface area contributed by atoms with Crippen molar-refractivity contribution >= 4 is 11.1 Å². The van der Waals surface area contributed by atoms with Crippen LogP contribution in [0.2, 0.25) is 0 Å². The molecule has 5 heteroatoms. The molecule has 5 nitrogen and oxygen atoms in total. The first-order valence-corrected chi connectivity index (χ1v) is 6.89. The van der Waals surface area contributed by atoms with Crippen molar-refractivity contribution in [3.8, 4) is 23.0 Å². The molecule has 0 aliphatic rings. The van der Waals surface area contributed by atoms with Crippen molar-refractivity contribution < 1.29 is 19.0 Å². The number of aryl methyl sites for hydroxylation is 1. The number of fused-ring (bicyclic) bond motifs is 1. The summed E-state index contributed by atoms with van der Waals surface area (Å²) < 4.78 is 16.5. The molecule has 0 aliphatic heterocycles. The van der Waals surface area contributed by atoms with E-state index in [0.29, 0.717) is 28.5 Å². The van der Waals surface area contributed by atoms with Crippen LogP contribution in [-0.2, 0) is 6.61 Å². The molecule has 0 unspecified atom stereocenters. The van der Waals surface area contributed by atoms with Crippen LogP contribution in [0.25, 0.3) is 22.6 Å². The summed E-state index contributed by atoms with van der Waals surface area (Å²) in [5, 5.41) is 9.40. The van der Waals surface area contributed by atoms with E-state index in [2.05, 4.69) is 4.98 Å². The second kappa shape index (κ2) is 5.69. The fourth-order valence-corrected chi connectivity index (χ4v) is 2.40. The SMILES string of the molecule is COc1cc(-c2nc3ccc(C)cc3o2)c(OC)cc1CO. The maximum absolute atomic E-state index is 9.40. The maximum atomic E-state index is 9.40. The molecule has 0 fully saturated rings. The zero-order valence-corrected chi connectivity index (χ0v) is 12.7. The van der Waals surface area contributed by atoms with Gasteiger partial charge in [0.15, 0.2) is 5.58 Å². The first-order valence-electron chi connectivity index (χ1n) is 6.89. The van der Waals surface area contributed by atoms with Gasteiger partial charge in [-0.2, -0.15) is 0 Å². The second-order valence-corrected chi connectivity index (χ2v) is 5.01. The van der Waals surface area contributed by atoms with Crippen LogP contribution in [0.5, 0.6) is 11.5 Å². The number of ether oxygens (including phenoxy) is 2. The topological polar surface area (TPSA) is 64.7 Å². The van der Waals surface area contributed by atoms with Crippen molar-refractivity contribution in [2.45, 2.75) is 13.5 Å². The molecule has 3 rings (SSSR count). The highest BCUT2D eigenvalue weighted by molar-refractivity contribution is 5.78. The number of aliphatic hydroxyl groups is 1. The number of methoxy groups -OCH3 is 2. The van der Waals surface area contributed by atoms with Crippen LogP contribution in [0.3, 0.4) is 0 Å². The Morgan fingerprint density at radius 1 is 1.09 bits per heavy atom. The van der Waals surface area contributed by atoms with Gasteiger partial charge in [0.2, 0.25) is 5.89 Å². The molecular weight excluding hydrogens is 282 g/mol. The van der Waals surface area contributed by atoms with Gasteiger partial charge in [-0.3, -0.25) is 0 Å². The monoisotopic (exact) mass is 299 g/mol. The molecule has 1 heterocycles. The average molecular weight is 299 g/mol. The molecule has 0 spiro atoms. The van der Waals surface area contributed by atoms with Crippen molar-refractivity contribution in [3.05, 3.63) is 41.5 Å². The number of benzene rings is 2. The van der Waals surface area contributed by atoms with E-state index >= 15 is 0 Å². The smallest absolute Gasteiger partial charge is 0.231 e. The maximum Gasteiger partial charge on any atom is 0.231 e. The Kier molecular flexibility index (Phi) is 3.73. The highest BCUT2D eigenvalue weighted by Gasteiger charge is 2.17. The molecule has 2 aromatic carbocycles. The van der Waals surface area contributed by atoms with Crippen molar-refractivity contribution in [2.75, 3.05) is 14.2 Å². The molecule has 0 atom stereocenters. The van der Waals surface area contributed by atoms with Gasteiger partial charge in [0.1, 0.15) is 17.0 Å². The van der Waals surface area contributed by atoms with Crippen LogP contribution in [0.1, 0.15) is 11.1 Å². The van der Waals surface area contributed by atoms with Crippen LogP contribution in [0, 0.1) is 6.92 Å². The van der Waals surface area contributed by atoms with Gasteiger partial charge in [0.05, 0.1) is 26.4 Å². The Morgan fingerprint density at radius 3 is 2.55 bits per heavy atom. The van der Waals surface area contributed by atoms with Crippen LogP contribution >= 0.6 is 0 Å². The third-order valence-electron chi connectivity index (χ3n) is 3.55. The number of nitrogens with zero attached hydrogens (tertiary/aromatic N) is 1. The summed E-state index contributed by atoms with van der Waals surface area (Å²) in [5.41, 5.74) is 3.95. The average Bonchev–Trinajstić information content (AvgIpc) is 2.96. The van der Waals surface area contributed by atoms with E-state index in [4.69, 9.17) is 13.9 Å². The quantitative estimate of drug-likeness (QED) is 0.800. The summed E-state index contributed by atoms with van der Waals surface area (Å²) >= 11 is 0. The van der Waals surface area contributed by atoms with Crippen molar-refractivity contribution in [2.24, 2.45) is 0 Å². The highest BCUT2D eigenvalue weighted by Crippen LogP contribution is 2.37. The van der Waals surface area contributed by atoms with E-state index in [1.165, 1.54) is 0 Å². The molecule has 0 aliphatic carbocycles. The lowest BCUT2D eigenvalue weighted by Crippen LogP contribution is -1.96. The molecule has 1 N–H and O–H groups in total. The zero-order valence-electron chi connectivity index (χ0n) is 12.7. The Morgan fingerprint density at radius 2 is 1.86 bits per heavy atom. The Bertz CT molecular complexity index is 823. The largest absolute Gasteiger partial charge is 0.496 e. The molecule has 0 saturated heterocycles. The summed E-state index contributed by atoms with van der Waals surface area (Å²) in [6.45, 7) is 1.87. The van der Waals surface area contributed by atoms with E-state index in [9.17, 15) is 5.11 Å². The molecule has 22 heavy (non-hydrogen) atoms. The van der Waals surface area contributed by atoms with Gasteiger partial charge >= 0.3 is 0 Å². The molecule has 0 bridgehead atoms. The first kappa shape index (κ1) is 14.4. The molecule has 114 valence electrons. The van der Waals surface area contributed by atoms with E-state index in [1.807, 2.05) is 25.1 Å². The predicted molar refractivity (Wildman–Crippen MR) is 83.2 cm³/mol. The third kappa shape index (κ3) is 2.40. The minimum atomic E-state index is -0.132. The lowest BCUT2D eigenvalue weighted by Gasteiger charge is -2.11. The van der Waals surface area contributed by atoms with Gasteiger partial charge in [-0.25, -0.2) is 4.98 Å². The number of aromatic nitrogens is 1. The molecule has 1 aromatic heterocycles. The van der Waals surface area contributed by atoms with Crippen LogP contribution < -0.4 is 9.47 Å². The van der Waals surface area contributed by atoms with Crippen LogP contribution in [-0.4, -0.2) is 24.3 Å². The molecule has 0 amide bonds. The first-order chi connectivity index (χ1) is 10.7. The number of rotatable bonds is 4. The summed E-state index contributed by atoms with van der Waals surface area (Å²) in [7, 11) is 3.12. The number of hydrogen-bond donors (Lipinski definition) is 1. The van der Waals surface area contributed by atoms with Crippen LogP contribution in [0.4, 0.5) is 0 Å². The lowest BCUT2D eigenvalue weighted by atomic mass is 10.1. The second-order valence-electron chi connectivity index (χ2n) is 5.01. The van der Waals surface area contributed by atoms with Crippen molar-refractivity contribution in [1.29, 1.82) is 0 Å². The minimum Gasteiger partial charge on any atom is -0.496 e. The standard InChI is InChI=1S/C17H17NO4/c1-10-4-5-13-16(6-10)22-17(18-13)12-8-14(20-2)11(9-19)7-15(12)21-3/h4-8,19H,9H2,1-3H3. The Balaban J connectivity index is 2.19. The molecule has 3 aromatic rings. The van der Waals surface area contributed by atoms with Gasteiger partial charge in [-0.15, -0.1) is 0 Å². The normalized spacial score (nSPS) is 10.9. The predicted octanol–water partition coefficient (Wildman–Crippen LogP) is 3.31. The van der Waals surface area contributed by atoms with Gasteiger partial charge in [0, 0.05) is 5.56 Å². The number of hydrogen-bond acceptors (Lipinski definition) is 5. The van der Waals surface area contributed by atoms with E-state index in [0.717, 1.165) is 16.7 Å². The highest BCUT2D eigenvalue weighted by atomic mass is 16.5. The summed E-state index contributed by atoms with van der Waals surface area (Å²) in [6.07, 6.45) is 0. The third-order valence-corrected chi connectivity index (χ3v) is 3.55. The summed E-state index contributed by atoms with van der Waals surface area (Å²) in [5.74, 6) is 1.60. The minimum absolute atomic E-state index is 0.132. The van der Waals surface area contributed by atoms with Crippen molar-refractivity contribution in [1.82, 2.24) is 4.98 Å². The van der Waals surface area contributed by atoms with Gasteiger partial charge < -0.3 is 19.0 Å². The Hall–Kier alpha value is -2.53. The van der Waals surface area contributed by atoms with Gasteiger partial charge in [0.25, 0.3) is 0 Å². The van der Waals surface area contributed by atoms with Crippen LogP contribution in [0.15, 0.2) is 34.7 Å². The van der Waals surface area contributed by atoms with E-state index in [1.54, 1.807) is 26.4 Å². The van der Waals surface area contributed by atoms with Crippen molar-refractivity contribution in [3.63, 3.8) is 0 Å². The fraction of sp³-hybridized carbons (Fsp3) is 0.235. The fourth-order valence-electron chi connectivity index (χ4n) is 2.40. The number of oxazole rings is 1. The molecule has 0 saturated carbocycles. The summed E-state index contributed by atoms with van der Waals surface area (Å²) in [6, 6.07) is 9.35. The lowest BCUT2D eigenvalue weighted by molar-refractivity contribution is 0.273.